The number of anilines is 1. The summed E-state index contributed by atoms with van der Waals surface area (Å²) in [5.41, 5.74) is 0.654. The number of hydrogen-bond acceptors (Lipinski definition) is 4. The van der Waals surface area contributed by atoms with Gasteiger partial charge in [0.2, 0.25) is 0 Å². The van der Waals surface area contributed by atoms with E-state index >= 15 is 0 Å². The molecule has 1 fully saturated rings. The number of carbonyl (C=O) groups excluding carboxylic acids is 1. The molecule has 1 atom stereocenters. The summed E-state index contributed by atoms with van der Waals surface area (Å²) in [5, 5.41) is 14.0. The summed E-state index contributed by atoms with van der Waals surface area (Å²) in [5.74, 6) is -0.385. The van der Waals surface area contributed by atoms with Crippen molar-refractivity contribution in [1.82, 2.24) is 24.9 Å². The number of piperidine rings is 1. The number of nitrogens with zero attached hydrogens (tertiary/aromatic N) is 4. The second kappa shape index (κ2) is 8.20. The smallest absolute Gasteiger partial charge is 0.276 e. The summed E-state index contributed by atoms with van der Waals surface area (Å²) in [7, 11) is 0. The van der Waals surface area contributed by atoms with Crippen LogP contribution in [0.25, 0.3) is 0 Å². The van der Waals surface area contributed by atoms with Gasteiger partial charge in [-0.3, -0.25) is 14.2 Å². The van der Waals surface area contributed by atoms with Gasteiger partial charge < -0.3 is 10.6 Å². The van der Waals surface area contributed by atoms with Crippen molar-refractivity contribution in [3.8, 4) is 0 Å². The largest absolute Gasteiger partial charge is 0.318 e. The molecule has 0 spiro atoms. The molecule has 7 nitrogen and oxygen atoms in total. The minimum atomic E-state index is -2.49. The van der Waals surface area contributed by atoms with Crippen molar-refractivity contribution < 1.29 is 13.6 Å². The van der Waals surface area contributed by atoms with E-state index in [-0.39, 0.29) is 30.0 Å². The lowest BCUT2D eigenvalue weighted by molar-refractivity contribution is 0.102. The normalized spacial score (nSPS) is 17.5. The molecule has 0 bridgehead atoms. The topological polar surface area (TPSA) is 76.8 Å². The van der Waals surface area contributed by atoms with Crippen LogP contribution in [0.2, 0.25) is 0 Å². The number of aromatic nitrogens is 4. The lowest BCUT2D eigenvalue weighted by Crippen LogP contribution is -2.32. The van der Waals surface area contributed by atoms with E-state index in [0.717, 1.165) is 30.6 Å². The number of rotatable bonds is 5. The molecule has 0 aliphatic carbocycles. The fraction of sp³-hybridized carbons (Fsp3) is 0.500. The van der Waals surface area contributed by atoms with Crippen LogP contribution in [-0.4, -0.2) is 45.0 Å². The van der Waals surface area contributed by atoms with Gasteiger partial charge in [0.1, 0.15) is 6.54 Å². The van der Waals surface area contributed by atoms with E-state index in [9.17, 15) is 13.6 Å². The lowest BCUT2D eigenvalue weighted by atomic mass is 10.1. The van der Waals surface area contributed by atoms with Gasteiger partial charge in [-0.25, -0.2) is 8.78 Å². The van der Waals surface area contributed by atoms with E-state index < -0.39 is 13.0 Å². The molecule has 1 aliphatic heterocycles. The molecule has 0 aromatic carbocycles. The van der Waals surface area contributed by atoms with E-state index in [1.807, 2.05) is 0 Å². The van der Waals surface area contributed by atoms with Crippen LogP contribution >= 0.6 is 12.4 Å². The predicted octanol–water partition coefficient (Wildman–Crippen LogP) is 1.94. The standard InChI is InChI=1S/C14H18F2N6O.ClH/c15-13(16)9-21-8-10(6-18-21)19-14(23)12-3-5-22(20-12)11-2-1-4-17-7-11;/h3,5-6,8,11,13,17H,1-2,4,7,9H2,(H,19,23);1H. The van der Waals surface area contributed by atoms with E-state index in [1.54, 1.807) is 16.9 Å². The maximum atomic E-state index is 12.3. The molecule has 1 unspecified atom stereocenters. The minimum absolute atomic E-state index is 0. The third-order valence-electron chi connectivity index (χ3n) is 3.70. The predicted molar refractivity (Wildman–Crippen MR) is 86.8 cm³/mol. The Morgan fingerprint density at radius 2 is 2.33 bits per heavy atom. The highest BCUT2D eigenvalue weighted by atomic mass is 35.5. The minimum Gasteiger partial charge on any atom is -0.318 e. The Morgan fingerprint density at radius 1 is 1.50 bits per heavy atom. The number of amides is 1. The third kappa shape index (κ3) is 4.51. The summed E-state index contributed by atoms with van der Waals surface area (Å²) in [6.45, 7) is 1.34. The number of hydrogen-bond donors (Lipinski definition) is 2. The van der Waals surface area contributed by atoms with Gasteiger partial charge in [-0.2, -0.15) is 10.2 Å². The van der Waals surface area contributed by atoms with E-state index in [1.165, 1.54) is 12.4 Å². The number of halogens is 3. The summed E-state index contributed by atoms with van der Waals surface area (Å²) in [6.07, 6.45) is 4.10. The van der Waals surface area contributed by atoms with Gasteiger partial charge in [0.15, 0.2) is 5.69 Å². The van der Waals surface area contributed by atoms with Crippen LogP contribution < -0.4 is 10.6 Å². The van der Waals surface area contributed by atoms with Crippen molar-refractivity contribution >= 4 is 24.0 Å². The van der Waals surface area contributed by atoms with Gasteiger partial charge in [-0.05, 0) is 25.5 Å². The Hall–Kier alpha value is -2.00. The first-order chi connectivity index (χ1) is 11.1. The first kappa shape index (κ1) is 18.3. The Morgan fingerprint density at radius 3 is 3.04 bits per heavy atom. The number of carbonyl (C=O) groups is 1. The van der Waals surface area contributed by atoms with E-state index in [2.05, 4.69) is 20.8 Å². The summed E-state index contributed by atoms with van der Waals surface area (Å²) in [6, 6.07) is 1.90. The molecular formula is C14H19ClF2N6O. The van der Waals surface area contributed by atoms with E-state index in [4.69, 9.17) is 0 Å². The SMILES string of the molecule is Cl.O=C(Nc1cnn(CC(F)F)c1)c1ccn(C2CCCNC2)n1. The molecule has 1 aliphatic rings. The molecule has 2 aromatic heterocycles. The van der Waals surface area contributed by atoms with Crippen LogP contribution in [-0.2, 0) is 6.54 Å². The van der Waals surface area contributed by atoms with Crippen molar-refractivity contribution in [1.29, 1.82) is 0 Å². The van der Waals surface area contributed by atoms with Gasteiger partial charge in [0, 0.05) is 18.9 Å². The highest BCUT2D eigenvalue weighted by Gasteiger charge is 2.18. The monoisotopic (exact) mass is 360 g/mol. The van der Waals surface area contributed by atoms with Gasteiger partial charge >= 0.3 is 0 Å². The second-order valence-corrected chi connectivity index (χ2v) is 5.48. The summed E-state index contributed by atoms with van der Waals surface area (Å²) in [4.78, 5) is 12.2. The first-order valence-electron chi connectivity index (χ1n) is 7.49. The molecular weight excluding hydrogens is 342 g/mol. The average Bonchev–Trinajstić information content (AvgIpc) is 3.17. The summed E-state index contributed by atoms with van der Waals surface area (Å²) >= 11 is 0. The molecule has 3 heterocycles. The number of alkyl halides is 2. The maximum Gasteiger partial charge on any atom is 0.276 e. The zero-order chi connectivity index (χ0) is 16.2. The molecule has 1 saturated heterocycles. The molecule has 132 valence electrons. The Kier molecular flexibility index (Phi) is 6.27. The van der Waals surface area contributed by atoms with Crippen molar-refractivity contribution in [2.75, 3.05) is 18.4 Å². The third-order valence-corrected chi connectivity index (χ3v) is 3.70. The van der Waals surface area contributed by atoms with Gasteiger partial charge in [-0.1, -0.05) is 0 Å². The van der Waals surface area contributed by atoms with Crippen LogP contribution in [0.1, 0.15) is 29.4 Å². The van der Waals surface area contributed by atoms with Crippen LogP contribution in [0, 0.1) is 0 Å². The fourth-order valence-electron chi connectivity index (χ4n) is 2.59. The van der Waals surface area contributed by atoms with Crippen molar-refractivity contribution in [2.24, 2.45) is 0 Å². The van der Waals surface area contributed by atoms with Crippen molar-refractivity contribution in [3.63, 3.8) is 0 Å². The van der Waals surface area contributed by atoms with Crippen molar-refractivity contribution in [3.05, 3.63) is 30.4 Å². The molecule has 3 rings (SSSR count). The van der Waals surface area contributed by atoms with Crippen molar-refractivity contribution in [2.45, 2.75) is 31.9 Å². The van der Waals surface area contributed by atoms with Gasteiger partial charge in [0.05, 0.1) is 17.9 Å². The average molecular weight is 361 g/mol. The van der Waals surface area contributed by atoms with Crippen LogP contribution in [0.4, 0.5) is 14.5 Å². The Balaban J connectivity index is 0.00000208. The maximum absolute atomic E-state index is 12.3. The Labute approximate surface area is 143 Å². The van der Waals surface area contributed by atoms with Crippen LogP contribution in [0.5, 0.6) is 0 Å². The molecule has 24 heavy (non-hydrogen) atoms. The Bertz CT molecular complexity index is 668. The van der Waals surface area contributed by atoms with Crippen LogP contribution in [0.3, 0.4) is 0 Å². The van der Waals surface area contributed by atoms with E-state index in [0.29, 0.717) is 5.69 Å². The molecule has 1 amide bonds. The summed E-state index contributed by atoms with van der Waals surface area (Å²) < 4.78 is 27.4. The second-order valence-electron chi connectivity index (χ2n) is 5.48. The highest BCUT2D eigenvalue weighted by molar-refractivity contribution is 6.02. The quantitative estimate of drug-likeness (QED) is 0.854. The fourth-order valence-corrected chi connectivity index (χ4v) is 2.59. The highest BCUT2D eigenvalue weighted by Crippen LogP contribution is 2.16. The number of nitrogens with one attached hydrogen (secondary N) is 2. The van der Waals surface area contributed by atoms with Gasteiger partial charge in [0.25, 0.3) is 12.3 Å². The molecule has 2 N–H and O–H groups in total. The molecule has 0 saturated carbocycles. The van der Waals surface area contributed by atoms with Crippen LogP contribution in [0.15, 0.2) is 24.7 Å². The first-order valence-corrected chi connectivity index (χ1v) is 7.49. The zero-order valence-electron chi connectivity index (χ0n) is 12.9. The lowest BCUT2D eigenvalue weighted by Gasteiger charge is -2.22. The van der Waals surface area contributed by atoms with Gasteiger partial charge in [-0.15, -0.1) is 12.4 Å². The zero-order valence-corrected chi connectivity index (χ0v) is 13.7. The molecule has 0 radical (unpaired) electrons. The molecule has 10 heteroatoms. The molecule has 2 aromatic rings.